The van der Waals surface area contributed by atoms with Crippen LogP contribution >= 0.6 is 24.0 Å². The summed E-state index contributed by atoms with van der Waals surface area (Å²) >= 11 is 7.50. The highest BCUT2D eigenvalue weighted by Gasteiger charge is 2.44. The van der Waals surface area contributed by atoms with Crippen LogP contribution in [0.3, 0.4) is 0 Å². The molecule has 8 nitrogen and oxygen atoms in total. The number of hydrogen-bond acceptors (Lipinski definition) is 7. The van der Waals surface area contributed by atoms with Gasteiger partial charge in [0.25, 0.3) is 5.91 Å². The second-order valence-electron chi connectivity index (χ2n) is 10.4. The number of thiocarbonyl (C=S) groups is 1. The van der Waals surface area contributed by atoms with E-state index >= 15 is 0 Å². The van der Waals surface area contributed by atoms with Gasteiger partial charge >= 0.3 is 0 Å². The molecule has 0 aromatic heterocycles. The SMILES string of the molecule is COc1ccc(NC(=O)C[C@H]2C(=O)N(c3cccc(SC)c3)C(=S)N2CCCN2CCN(c3ccccc3)CC2)cc1. The number of carbonyl (C=O) groups excluding carboxylic acids is 2. The summed E-state index contributed by atoms with van der Waals surface area (Å²) in [4.78, 5) is 36.4. The number of para-hydroxylation sites is 1. The van der Waals surface area contributed by atoms with Crippen LogP contribution in [0.25, 0.3) is 0 Å². The number of anilines is 3. The molecule has 0 radical (unpaired) electrons. The van der Waals surface area contributed by atoms with Crippen LogP contribution in [-0.2, 0) is 9.59 Å². The number of piperazine rings is 1. The van der Waals surface area contributed by atoms with Crippen LogP contribution < -0.4 is 19.9 Å². The lowest BCUT2D eigenvalue weighted by Gasteiger charge is -2.36. The van der Waals surface area contributed by atoms with Gasteiger partial charge in [-0.3, -0.25) is 19.4 Å². The van der Waals surface area contributed by atoms with Gasteiger partial charge in [0.05, 0.1) is 19.2 Å². The molecule has 0 spiro atoms. The Balaban J connectivity index is 1.24. The van der Waals surface area contributed by atoms with Crippen molar-refractivity contribution >= 4 is 58.0 Å². The van der Waals surface area contributed by atoms with Gasteiger partial charge in [-0.15, -0.1) is 11.8 Å². The molecule has 2 amide bonds. The fourth-order valence-electron chi connectivity index (χ4n) is 5.47. The molecule has 1 atom stereocenters. The van der Waals surface area contributed by atoms with Crippen molar-refractivity contribution in [1.82, 2.24) is 9.80 Å². The third-order valence-corrected chi connectivity index (χ3v) is 8.89. The van der Waals surface area contributed by atoms with Crippen molar-refractivity contribution in [3.8, 4) is 5.75 Å². The van der Waals surface area contributed by atoms with Gasteiger partial charge in [0.2, 0.25) is 5.91 Å². The molecule has 2 saturated heterocycles. The maximum absolute atomic E-state index is 13.8. The number of benzene rings is 3. The minimum absolute atomic E-state index is 0.0134. The quantitative estimate of drug-likeness (QED) is 0.244. The standard InChI is InChI=1S/C32H37N5O3S2/c1-40-27-14-12-24(13-15-27)33-30(38)23-29-31(39)37(26-10-6-11-28(22-26)42-2)32(41)36(29)17-7-16-34-18-20-35(21-19-34)25-8-4-3-5-9-25/h3-6,8-15,22,29H,7,16-21,23H2,1-2H3,(H,33,38)/t29-/m0/s1. The summed E-state index contributed by atoms with van der Waals surface area (Å²) in [6.07, 6.45) is 2.86. The van der Waals surface area contributed by atoms with Crippen molar-refractivity contribution in [2.75, 3.05) is 67.8 Å². The molecule has 2 heterocycles. The van der Waals surface area contributed by atoms with Gasteiger partial charge < -0.3 is 19.9 Å². The van der Waals surface area contributed by atoms with E-state index in [0.29, 0.717) is 23.1 Å². The first-order chi connectivity index (χ1) is 20.5. The topological polar surface area (TPSA) is 68.4 Å². The van der Waals surface area contributed by atoms with E-state index < -0.39 is 6.04 Å². The van der Waals surface area contributed by atoms with Crippen LogP contribution in [0.2, 0.25) is 0 Å². The van der Waals surface area contributed by atoms with Gasteiger partial charge in [0.1, 0.15) is 11.8 Å². The van der Waals surface area contributed by atoms with Gasteiger partial charge in [0.15, 0.2) is 5.11 Å². The summed E-state index contributed by atoms with van der Waals surface area (Å²) in [5.41, 5.74) is 2.65. The highest BCUT2D eigenvalue weighted by molar-refractivity contribution is 7.98. The van der Waals surface area contributed by atoms with Crippen molar-refractivity contribution in [2.45, 2.75) is 23.8 Å². The molecule has 2 fully saturated rings. The molecule has 2 aliphatic heterocycles. The normalized spacial score (nSPS) is 17.6. The molecule has 0 bridgehead atoms. The monoisotopic (exact) mass is 603 g/mol. The molecule has 42 heavy (non-hydrogen) atoms. The Labute approximate surface area is 257 Å². The van der Waals surface area contributed by atoms with Crippen molar-refractivity contribution in [2.24, 2.45) is 0 Å². The number of carbonyl (C=O) groups is 2. The number of methoxy groups -OCH3 is 1. The number of ether oxygens (including phenoxy) is 1. The van der Waals surface area contributed by atoms with Gasteiger partial charge in [-0.05, 0) is 86.0 Å². The number of nitrogens with zero attached hydrogens (tertiary/aromatic N) is 4. The van der Waals surface area contributed by atoms with Crippen molar-refractivity contribution in [1.29, 1.82) is 0 Å². The Morgan fingerprint density at radius 2 is 1.67 bits per heavy atom. The largest absolute Gasteiger partial charge is 0.497 e. The Kier molecular flexibility index (Phi) is 9.99. The Morgan fingerprint density at radius 3 is 2.36 bits per heavy atom. The van der Waals surface area contributed by atoms with Gasteiger partial charge in [-0.2, -0.15) is 0 Å². The summed E-state index contributed by atoms with van der Waals surface area (Å²) in [6, 6.07) is 24.8. The zero-order valence-corrected chi connectivity index (χ0v) is 25.7. The fraction of sp³-hybridized carbons (Fsp3) is 0.344. The van der Waals surface area contributed by atoms with Crippen LogP contribution in [0.1, 0.15) is 12.8 Å². The number of amides is 2. The molecule has 3 aromatic rings. The van der Waals surface area contributed by atoms with E-state index in [1.165, 1.54) is 5.69 Å². The minimum atomic E-state index is -0.663. The van der Waals surface area contributed by atoms with Crippen LogP contribution in [0.15, 0.2) is 83.8 Å². The van der Waals surface area contributed by atoms with E-state index in [4.69, 9.17) is 17.0 Å². The summed E-state index contributed by atoms with van der Waals surface area (Å²) in [6.45, 7) is 5.45. The van der Waals surface area contributed by atoms with E-state index in [-0.39, 0.29) is 18.2 Å². The van der Waals surface area contributed by atoms with Gasteiger partial charge in [0, 0.05) is 49.0 Å². The van der Waals surface area contributed by atoms with Gasteiger partial charge in [-0.1, -0.05) is 24.3 Å². The molecule has 2 aliphatic rings. The highest BCUT2D eigenvalue weighted by atomic mass is 32.2. The Bertz CT molecular complexity index is 1380. The Hall–Kier alpha value is -3.60. The number of thioether (sulfide) groups is 1. The van der Waals surface area contributed by atoms with E-state index in [1.54, 1.807) is 48.0 Å². The maximum atomic E-state index is 13.8. The van der Waals surface area contributed by atoms with Crippen LogP contribution in [0, 0.1) is 0 Å². The maximum Gasteiger partial charge on any atom is 0.256 e. The third-order valence-electron chi connectivity index (χ3n) is 7.75. The van der Waals surface area contributed by atoms with Crippen LogP contribution in [-0.4, -0.2) is 85.4 Å². The molecule has 3 aromatic carbocycles. The fourth-order valence-corrected chi connectivity index (χ4v) is 6.34. The Morgan fingerprint density at radius 1 is 0.952 bits per heavy atom. The van der Waals surface area contributed by atoms with Crippen molar-refractivity contribution in [3.63, 3.8) is 0 Å². The molecule has 1 N–H and O–H groups in total. The average Bonchev–Trinajstić information content (AvgIpc) is 3.26. The predicted molar refractivity (Wildman–Crippen MR) is 175 cm³/mol. The lowest BCUT2D eigenvalue weighted by atomic mass is 10.1. The van der Waals surface area contributed by atoms with Crippen molar-refractivity contribution < 1.29 is 14.3 Å². The van der Waals surface area contributed by atoms with Crippen molar-refractivity contribution in [3.05, 3.63) is 78.9 Å². The minimum Gasteiger partial charge on any atom is -0.497 e. The second kappa shape index (κ2) is 14.0. The molecule has 0 aliphatic carbocycles. The first-order valence-corrected chi connectivity index (χ1v) is 15.8. The number of rotatable bonds is 11. The summed E-state index contributed by atoms with van der Waals surface area (Å²) < 4.78 is 5.21. The van der Waals surface area contributed by atoms with Crippen LogP contribution in [0.4, 0.5) is 17.1 Å². The first kappa shape index (κ1) is 29.9. The number of hydrogen-bond donors (Lipinski definition) is 1. The molecule has 0 unspecified atom stereocenters. The van der Waals surface area contributed by atoms with Crippen LogP contribution in [0.5, 0.6) is 5.75 Å². The molecular formula is C32H37N5O3S2. The van der Waals surface area contributed by atoms with E-state index in [9.17, 15) is 9.59 Å². The predicted octanol–water partition coefficient (Wildman–Crippen LogP) is 4.96. The molecule has 0 saturated carbocycles. The van der Waals surface area contributed by atoms with Gasteiger partial charge in [-0.25, -0.2) is 0 Å². The molecule has 10 heteroatoms. The summed E-state index contributed by atoms with van der Waals surface area (Å²) in [7, 11) is 1.60. The highest BCUT2D eigenvalue weighted by Crippen LogP contribution is 2.30. The lowest BCUT2D eigenvalue weighted by Crippen LogP contribution is -2.47. The average molecular weight is 604 g/mol. The first-order valence-electron chi connectivity index (χ1n) is 14.2. The molecular weight excluding hydrogens is 567 g/mol. The summed E-state index contributed by atoms with van der Waals surface area (Å²) in [5, 5.41) is 3.38. The smallest absolute Gasteiger partial charge is 0.256 e. The van der Waals surface area contributed by atoms with E-state index in [2.05, 4.69) is 39.4 Å². The lowest BCUT2D eigenvalue weighted by molar-refractivity contribution is -0.124. The molecule has 5 rings (SSSR count). The second-order valence-corrected chi connectivity index (χ2v) is 11.6. The molecule has 220 valence electrons. The van der Waals surface area contributed by atoms with E-state index in [1.807, 2.05) is 41.5 Å². The summed E-state index contributed by atoms with van der Waals surface area (Å²) in [5.74, 6) is 0.308. The van der Waals surface area contributed by atoms with E-state index in [0.717, 1.165) is 49.7 Å². The zero-order chi connectivity index (χ0) is 29.5. The number of nitrogens with one attached hydrogen (secondary N) is 1. The zero-order valence-electron chi connectivity index (χ0n) is 24.1. The third kappa shape index (κ3) is 7.06.